The summed E-state index contributed by atoms with van der Waals surface area (Å²) >= 11 is 5.29. The SMILES string of the molecule is COc1c(F)ccc(Br)c1I. The van der Waals surface area contributed by atoms with Gasteiger partial charge in [0.25, 0.3) is 0 Å². The van der Waals surface area contributed by atoms with E-state index in [0.29, 0.717) is 5.75 Å². The van der Waals surface area contributed by atoms with Gasteiger partial charge in [-0.15, -0.1) is 0 Å². The molecule has 0 spiro atoms. The lowest BCUT2D eigenvalue weighted by molar-refractivity contribution is 0.383. The van der Waals surface area contributed by atoms with Gasteiger partial charge in [-0.05, 0) is 50.7 Å². The molecule has 0 aliphatic heterocycles. The van der Waals surface area contributed by atoms with E-state index in [1.807, 2.05) is 22.6 Å². The highest BCUT2D eigenvalue weighted by molar-refractivity contribution is 14.1. The van der Waals surface area contributed by atoms with E-state index in [4.69, 9.17) is 4.74 Å². The Balaban J connectivity index is 3.29. The normalized spacial score (nSPS) is 9.82. The summed E-state index contributed by atoms with van der Waals surface area (Å²) in [6, 6.07) is 3.02. The minimum Gasteiger partial charge on any atom is -0.493 e. The Labute approximate surface area is 86.2 Å². The largest absolute Gasteiger partial charge is 0.493 e. The molecule has 1 rings (SSSR count). The molecular formula is C7H5BrFIO. The Kier molecular flexibility index (Phi) is 3.12. The summed E-state index contributed by atoms with van der Waals surface area (Å²) in [6.07, 6.45) is 0. The standard InChI is InChI=1S/C7H5BrFIO/c1-11-7-5(9)3-2-4(8)6(7)10/h2-3H,1H3. The van der Waals surface area contributed by atoms with E-state index in [2.05, 4.69) is 15.9 Å². The van der Waals surface area contributed by atoms with Crippen molar-refractivity contribution in [2.24, 2.45) is 0 Å². The van der Waals surface area contributed by atoms with Gasteiger partial charge in [0.1, 0.15) is 0 Å². The predicted octanol–water partition coefficient (Wildman–Crippen LogP) is 3.20. The molecule has 0 aliphatic carbocycles. The van der Waals surface area contributed by atoms with Crippen LogP contribution in [0, 0.1) is 9.39 Å². The number of hydrogen-bond acceptors (Lipinski definition) is 1. The monoisotopic (exact) mass is 330 g/mol. The summed E-state index contributed by atoms with van der Waals surface area (Å²) in [4.78, 5) is 0. The fourth-order valence-electron chi connectivity index (χ4n) is 0.696. The van der Waals surface area contributed by atoms with Crippen molar-refractivity contribution in [3.8, 4) is 5.75 Å². The van der Waals surface area contributed by atoms with Crippen LogP contribution in [0.4, 0.5) is 4.39 Å². The Morgan fingerprint density at radius 1 is 1.55 bits per heavy atom. The lowest BCUT2D eigenvalue weighted by Crippen LogP contribution is -1.91. The molecule has 0 saturated heterocycles. The van der Waals surface area contributed by atoms with Crippen LogP contribution in [0.1, 0.15) is 0 Å². The molecule has 0 amide bonds. The lowest BCUT2D eigenvalue weighted by atomic mass is 10.3. The second-order valence-corrected chi connectivity index (χ2v) is 3.81. The van der Waals surface area contributed by atoms with Gasteiger partial charge in [0.05, 0.1) is 10.7 Å². The molecule has 0 bridgehead atoms. The van der Waals surface area contributed by atoms with Crippen molar-refractivity contribution in [1.29, 1.82) is 0 Å². The van der Waals surface area contributed by atoms with Crippen molar-refractivity contribution in [2.45, 2.75) is 0 Å². The van der Waals surface area contributed by atoms with Crippen molar-refractivity contribution in [2.75, 3.05) is 7.11 Å². The maximum Gasteiger partial charge on any atom is 0.168 e. The summed E-state index contributed by atoms with van der Waals surface area (Å²) < 4.78 is 19.3. The summed E-state index contributed by atoms with van der Waals surface area (Å²) in [5.41, 5.74) is 0. The minimum atomic E-state index is -0.333. The Hall–Kier alpha value is 0.160. The minimum absolute atomic E-state index is 0.292. The number of methoxy groups -OCH3 is 1. The van der Waals surface area contributed by atoms with Gasteiger partial charge in [0.15, 0.2) is 11.6 Å². The molecule has 0 aromatic heterocycles. The smallest absolute Gasteiger partial charge is 0.168 e. The molecule has 0 N–H and O–H groups in total. The Morgan fingerprint density at radius 2 is 2.18 bits per heavy atom. The molecule has 11 heavy (non-hydrogen) atoms. The van der Waals surface area contributed by atoms with Crippen LogP contribution in [0.3, 0.4) is 0 Å². The maximum absolute atomic E-state index is 12.9. The van der Waals surface area contributed by atoms with Crippen LogP contribution in [0.25, 0.3) is 0 Å². The van der Waals surface area contributed by atoms with Crippen LogP contribution in [0.15, 0.2) is 16.6 Å². The van der Waals surface area contributed by atoms with E-state index < -0.39 is 0 Å². The molecule has 0 aliphatic rings. The quantitative estimate of drug-likeness (QED) is 0.567. The molecule has 4 heteroatoms. The van der Waals surface area contributed by atoms with Crippen LogP contribution < -0.4 is 4.74 Å². The third kappa shape index (κ3) is 1.84. The topological polar surface area (TPSA) is 9.23 Å². The van der Waals surface area contributed by atoms with Gasteiger partial charge in [0.2, 0.25) is 0 Å². The zero-order valence-corrected chi connectivity index (χ0v) is 9.44. The molecule has 1 aromatic carbocycles. The van der Waals surface area contributed by atoms with Crippen LogP contribution in [-0.2, 0) is 0 Å². The summed E-state index contributed by atoms with van der Waals surface area (Å²) in [6.45, 7) is 0. The van der Waals surface area contributed by atoms with Crippen molar-refractivity contribution in [3.05, 3.63) is 26.0 Å². The highest BCUT2D eigenvalue weighted by Crippen LogP contribution is 2.30. The van der Waals surface area contributed by atoms with E-state index in [1.165, 1.54) is 13.2 Å². The molecule has 60 valence electrons. The van der Waals surface area contributed by atoms with Gasteiger partial charge in [-0.1, -0.05) is 0 Å². The first-order valence-corrected chi connectivity index (χ1v) is 4.71. The van der Waals surface area contributed by atoms with Crippen LogP contribution in [0.5, 0.6) is 5.75 Å². The number of ether oxygens (including phenoxy) is 1. The van der Waals surface area contributed by atoms with Gasteiger partial charge < -0.3 is 4.74 Å². The number of rotatable bonds is 1. The van der Waals surface area contributed by atoms with Gasteiger partial charge in [-0.25, -0.2) is 4.39 Å². The molecule has 0 heterocycles. The second-order valence-electron chi connectivity index (χ2n) is 1.88. The first-order valence-electron chi connectivity index (χ1n) is 2.84. The van der Waals surface area contributed by atoms with Crippen molar-refractivity contribution < 1.29 is 9.13 Å². The zero-order valence-electron chi connectivity index (χ0n) is 5.70. The fourth-order valence-corrected chi connectivity index (χ4v) is 1.67. The maximum atomic E-state index is 12.9. The highest BCUT2D eigenvalue weighted by atomic mass is 127. The summed E-state index contributed by atoms with van der Waals surface area (Å²) in [5.74, 6) is -0.0416. The molecule has 1 nitrogen and oxygen atoms in total. The molecule has 0 unspecified atom stereocenters. The molecule has 0 atom stereocenters. The van der Waals surface area contributed by atoms with Crippen LogP contribution in [0.2, 0.25) is 0 Å². The van der Waals surface area contributed by atoms with Crippen LogP contribution in [-0.4, -0.2) is 7.11 Å². The number of halogens is 3. The van der Waals surface area contributed by atoms with E-state index >= 15 is 0 Å². The van der Waals surface area contributed by atoms with E-state index in [9.17, 15) is 4.39 Å². The van der Waals surface area contributed by atoms with Crippen molar-refractivity contribution in [1.82, 2.24) is 0 Å². The Bertz CT molecular complexity index is 277. The van der Waals surface area contributed by atoms with E-state index in [-0.39, 0.29) is 5.82 Å². The summed E-state index contributed by atoms with van der Waals surface area (Å²) in [5, 5.41) is 0. The van der Waals surface area contributed by atoms with Crippen LogP contribution >= 0.6 is 38.5 Å². The average Bonchev–Trinajstić information content (AvgIpc) is 1.99. The predicted molar refractivity (Wildman–Crippen MR) is 53.4 cm³/mol. The third-order valence-electron chi connectivity index (χ3n) is 1.21. The van der Waals surface area contributed by atoms with Crippen molar-refractivity contribution in [3.63, 3.8) is 0 Å². The first-order chi connectivity index (χ1) is 5.16. The fraction of sp³-hybridized carbons (Fsp3) is 0.143. The van der Waals surface area contributed by atoms with Crippen molar-refractivity contribution >= 4 is 38.5 Å². The van der Waals surface area contributed by atoms with Gasteiger partial charge in [0, 0.05) is 4.47 Å². The van der Waals surface area contributed by atoms with Gasteiger partial charge in [-0.2, -0.15) is 0 Å². The zero-order chi connectivity index (χ0) is 8.43. The summed E-state index contributed by atoms with van der Waals surface area (Å²) in [7, 11) is 1.45. The number of hydrogen-bond donors (Lipinski definition) is 0. The first kappa shape index (κ1) is 9.25. The molecule has 0 radical (unpaired) electrons. The molecule has 0 fully saturated rings. The second kappa shape index (κ2) is 3.71. The molecular weight excluding hydrogens is 326 g/mol. The third-order valence-corrected chi connectivity index (χ3v) is 3.68. The van der Waals surface area contributed by atoms with Gasteiger partial charge in [-0.3, -0.25) is 0 Å². The Morgan fingerprint density at radius 3 is 2.64 bits per heavy atom. The average molecular weight is 331 g/mol. The molecule has 1 aromatic rings. The number of benzene rings is 1. The highest BCUT2D eigenvalue weighted by Gasteiger charge is 2.09. The van der Waals surface area contributed by atoms with E-state index in [1.54, 1.807) is 6.07 Å². The molecule has 0 saturated carbocycles. The van der Waals surface area contributed by atoms with E-state index in [0.717, 1.165) is 8.04 Å². The lowest BCUT2D eigenvalue weighted by Gasteiger charge is -2.04. The van der Waals surface area contributed by atoms with Gasteiger partial charge >= 0.3 is 0 Å².